The van der Waals surface area contributed by atoms with Crippen LogP contribution in [0.15, 0.2) is 12.4 Å². The van der Waals surface area contributed by atoms with Crippen LogP contribution in [0.4, 0.5) is 0 Å². The Kier molecular flexibility index (Phi) is 19.0. The maximum absolute atomic E-state index is 4.84. The van der Waals surface area contributed by atoms with Gasteiger partial charge in [-0.15, -0.1) is 0 Å². The predicted molar refractivity (Wildman–Crippen MR) is 144 cm³/mol. The lowest BCUT2D eigenvalue weighted by atomic mass is 9.94. The number of nitrogens with zero attached hydrogens (tertiary/aromatic N) is 2. The van der Waals surface area contributed by atoms with E-state index >= 15 is 0 Å². The van der Waals surface area contributed by atoms with Gasteiger partial charge in [0.05, 0.1) is 0 Å². The lowest BCUT2D eigenvalue weighted by Gasteiger charge is -2.22. The minimum absolute atomic E-state index is 0.593. The van der Waals surface area contributed by atoms with Gasteiger partial charge >= 0.3 is 0 Å². The Morgan fingerprint density at radius 3 is 1.56 bits per heavy atom. The zero-order chi connectivity index (χ0) is 23.3. The number of imidazole rings is 1. The molecule has 1 rings (SSSR count). The Balaban J connectivity index is 2.22. The Labute approximate surface area is 202 Å². The number of aromatic nitrogens is 2. The van der Waals surface area contributed by atoms with Gasteiger partial charge in [0.25, 0.3) is 0 Å². The monoisotopic (exact) mass is 446 g/mol. The quantitative estimate of drug-likeness (QED) is 0.153. The first kappa shape index (κ1) is 29.2. The van der Waals surface area contributed by atoms with Crippen LogP contribution in [-0.4, -0.2) is 9.55 Å². The minimum Gasteiger partial charge on any atom is -0.332 e. The van der Waals surface area contributed by atoms with Gasteiger partial charge in [-0.25, -0.2) is 4.98 Å². The van der Waals surface area contributed by atoms with E-state index in [9.17, 15) is 0 Å². The Hall–Kier alpha value is -0.790. The molecule has 0 spiro atoms. The van der Waals surface area contributed by atoms with E-state index in [-0.39, 0.29) is 0 Å². The molecule has 0 aliphatic heterocycles. The molecule has 2 unspecified atom stereocenters. The van der Waals surface area contributed by atoms with Crippen LogP contribution in [-0.2, 0) is 0 Å². The van der Waals surface area contributed by atoms with Crippen LogP contribution in [0.5, 0.6) is 0 Å². The number of unbranched alkanes of at least 4 members (excludes halogenated alkanes) is 15. The molecule has 1 aromatic rings. The molecule has 2 atom stereocenters. The van der Waals surface area contributed by atoms with Gasteiger partial charge in [-0.3, -0.25) is 0 Å². The van der Waals surface area contributed by atoms with Crippen molar-refractivity contribution >= 4 is 0 Å². The molecule has 0 aromatic carbocycles. The minimum atomic E-state index is 0.593. The maximum Gasteiger partial charge on any atom is 0.111 e. The van der Waals surface area contributed by atoms with E-state index in [1.54, 1.807) is 0 Å². The molecule has 0 fully saturated rings. The Bertz CT molecular complexity index is 507. The van der Waals surface area contributed by atoms with Crippen molar-refractivity contribution in [1.82, 2.24) is 9.55 Å². The third kappa shape index (κ3) is 13.7. The summed E-state index contributed by atoms with van der Waals surface area (Å²) in [4.78, 5) is 4.84. The van der Waals surface area contributed by atoms with Gasteiger partial charge < -0.3 is 4.57 Å². The second-order valence-corrected chi connectivity index (χ2v) is 10.4. The molecule has 0 radical (unpaired) electrons. The van der Waals surface area contributed by atoms with Crippen molar-refractivity contribution < 1.29 is 0 Å². The van der Waals surface area contributed by atoms with Crippen molar-refractivity contribution in [3.63, 3.8) is 0 Å². The summed E-state index contributed by atoms with van der Waals surface area (Å²) in [6.07, 6.45) is 33.5. The van der Waals surface area contributed by atoms with Crippen molar-refractivity contribution in [3.05, 3.63) is 18.2 Å². The van der Waals surface area contributed by atoms with E-state index in [0.717, 1.165) is 0 Å². The fourth-order valence-electron chi connectivity index (χ4n) is 5.18. The topological polar surface area (TPSA) is 17.8 Å². The molecular formula is C30H58N2. The highest BCUT2D eigenvalue weighted by atomic mass is 15.1. The molecule has 0 saturated heterocycles. The Morgan fingerprint density at radius 1 is 0.594 bits per heavy atom. The van der Waals surface area contributed by atoms with E-state index in [1.165, 1.54) is 141 Å². The molecule has 32 heavy (non-hydrogen) atoms. The molecule has 0 aliphatic carbocycles. The second-order valence-electron chi connectivity index (χ2n) is 10.4. The smallest absolute Gasteiger partial charge is 0.111 e. The van der Waals surface area contributed by atoms with Crippen LogP contribution in [0.25, 0.3) is 0 Å². The van der Waals surface area contributed by atoms with Gasteiger partial charge in [-0.1, -0.05) is 136 Å². The van der Waals surface area contributed by atoms with Crippen LogP contribution in [0, 0.1) is 0 Å². The van der Waals surface area contributed by atoms with Crippen molar-refractivity contribution in [2.45, 2.75) is 174 Å². The molecule has 0 saturated carbocycles. The predicted octanol–water partition coefficient (Wildman–Crippen LogP) is 10.8. The third-order valence-electron chi connectivity index (χ3n) is 7.31. The number of rotatable bonds is 23. The summed E-state index contributed by atoms with van der Waals surface area (Å²) in [5.74, 6) is 2.02. The third-order valence-corrected chi connectivity index (χ3v) is 7.31. The maximum atomic E-state index is 4.84. The van der Waals surface area contributed by atoms with Gasteiger partial charge in [0.2, 0.25) is 0 Å². The lowest BCUT2D eigenvalue weighted by molar-refractivity contribution is 0.419. The van der Waals surface area contributed by atoms with Crippen LogP contribution in [0.3, 0.4) is 0 Å². The summed E-state index contributed by atoms with van der Waals surface area (Å²) in [6, 6.07) is 0.593. The van der Waals surface area contributed by atoms with Crippen LogP contribution >= 0.6 is 0 Å². The Morgan fingerprint density at radius 2 is 1.06 bits per heavy atom. The van der Waals surface area contributed by atoms with Crippen molar-refractivity contribution in [1.29, 1.82) is 0 Å². The summed E-state index contributed by atoms with van der Waals surface area (Å²) in [5.41, 5.74) is 0. The molecule has 0 amide bonds. The van der Waals surface area contributed by atoms with E-state index in [1.807, 2.05) is 6.20 Å². The lowest BCUT2D eigenvalue weighted by Crippen LogP contribution is -2.13. The van der Waals surface area contributed by atoms with Crippen LogP contribution in [0.2, 0.25) is 0 Å². The molecule has 2 heteroatoms. The zero-order valence-corrected chi connectivity index (χ0v) is 22.6. The van der Waals surface area contributed by atoms with Crippen LogP contribution in [0.1, 0.15) is 180 Å². The molecule has 188 valence electrons. The van der Waals surface area contributed by atoms with Gasteiger partial charge in [0.15, 0.2) is 0 Å². The summed E-state index contributed by atoms with van der Waals surface area (Å²) < 4.78 is 2.52. The van der Waals surface area contributed by atoms with Crippen molar-refractivity contribution in [2.75, 3.05) is 0 Å². The number of hydrogen-bond acceptors (Lipinski definition) is 1. The van der Waals surface area contributed by atoms with E-state index in [4.69, 9.17) is 4.98 Å². The van der Waals surface area contributed by atoms with E-state index < -0.39 is 0 Å². The van der Waals surface area contributed by atoms with Gasteiger partial charge in [-0.2, -0.15) is 0 Å². The first-order valence-electron chi connectivity index (χ1n) is 14.8. The summed E-state index contributed by atoms with van der Waals surface area (Å²) in [7, 11) is 0. The SMILES string of the molecule is CCCCCCCCCCCCCCC(C)n1ccnc1C(CCC)CCCCCCC. The summed E-state index contributed by atoms with van der Waals surface area (Å²) in [5, 5.41) is 0. The molecule has 2 nitrogen and oxygen atoms in total. The van der Waals surface area contributed by atoms with Crippen molar-refractivity contribution in [3.8, 4) is 0 Å². The normalized spacial score (nSPS) is 13.5. The zero-order valence-electron chi connectivity index (χ0n) is 22.6. The van der Waals surface area contributed by atoms with Gasteiger partial charge in [-0.05, 0) is 26.2 Å². The largest absolute Gasteiger partial charge is 0.332 e. The molecule has 1 heterocycles. The highest BCUT2D eigenvalue weighted by Crippen LogP contribution is 2.29. The summed E-state index contributed by atoms with van der Waals surface area (Å²) in [6.45, 7) is 9.34. The van der Waals surface area contributed by atoms with E-state index in [0.29, 0.717) is 12.0 Å². The fraction of sp³-hybridized carbons (Fsp3) is 0.900. The van der Waals surface area contributed by atoms with Crippen molar-refractivity contribution in [2.24, 2.45) is 0 Å². The highest BCUT2D eigenvalue weighted by Gasteiger charge is 2.18. The van der Waals surface area contributed by atoms with Crippen LogP contribution < -0.4 is 0 Å². The first-order valence-corrected chi connectivity index (χ1v) is 14.8. The average Bonchev–Trinajstić information content (AvgIpc) is 3.29. The molecular weight excluding hydrogens is 388 g/mol. The molecule has 0 N–H and O–H groups in total. The molecule has 0 bridgehead atoms. The molecule has 0 aliphatic rings. The second kappa shape index (κ2) is 20.8. The fourth-order valence-corrected chi connectivity index (χ4v) is 5.18. The highest BCUT2D eigenvalue weighted by molar-refractivity contribution is 5.02. The summed E-state index contributed by atoms with van der Waals surface area (Å²) >= 11 is 0. The van der Waals surface area contributed by atoms with E-state index in [2.05, 4.69) is 38.5 Å². The van der Waals surface area contributed by atoms with Gasteiger partial charge in [0, 0.05) is 24.4 Å². The standard InChI is InChI=1S/C30H58N2/c1-5-8-10-12-13-14-15-16-17-18-20-21-24-28(4)32-27-26-31-30(32)29(23-7-3)25-22-19-11-9-6-2/h26-29H,5-25H2,1-4H3. The molecule has 1 aromatic heterocycles. The van der Waals surface area contributed by atoms with Gasteiger partial charge in [0.1, 0.15) is 5.82 Å². The average molecular weight is 447 g/mol. The number of hydrogen-bond donors (Lipinski definition) is 0. The first-order chi connectivity index (χ1) is 15.7.